The summed E-state index contributed by atoms with van der Waals surface area (Å²) in [5.41, 5.74) is 3.12. The van der Waals surface area contributed by atoms with Crippen molar-refractivity contribution in [2.24, 2.45) is 0 Å². The standard InChI is InChI=1S/C17H23N3O2/c1-4-22-16-7-5-15(6-8-16)12-18-17(21)9-10-20-14(3)11-13(2)19-20/h5-8,11H,4,9-10,12H2,1-3H3,(H,18,21). The predicted octanol–water partition coefficient (Wildman–Crippen LogP) is 2.61. The Hall–Kier alpha value is -2.30. The molecule has 1 amide bonds. The second-order valence-electron chi connectivity index (χ2n) is 5.25. The monoisotopic (exact) mass is 301 g/mol. The van der Waals surface area contributed by atoms with Crippen LogP contribution in [0.15, 0.2) is 30.3 Å². The molecule has 2 aromatic rings. The molecule has 0 radical (unpaired) electrons. The van der Waals surface area contributed by atoms with Crippen LogP contribution in [0.25, 0.3) is 0 Å². The first-order valence-electron chi connectivity index (χ1n) is 7.58. The average Bonchev–Trinajstić information content (AvgIpc) is 2.82. The number of carbonyl (C=O) groups is 1. The van der Waals surface area contributed by atoms with Crippen molar-refractivity contribution in [2.45, 2.75) is 40.3 Å². The van der Waals surface area contributed by atoms with Crippen molar-refractivity contribution in [3.05, 3.63) is 47.3 Å². The number of ether oxygens (including phenoxy) is 1. The zero-order valence-corrected chi connectivity index (χ0v) is 13.4. The molecule has 0 saturated heterocycles. The topological polar surface area (TPSA) is 56.1 Å². The number of aryl methyl sites for hydroxylation is 3. The molecule has 0 atom stereocenters. The number of aromatic nitrogens is 2. The van der Waals surface area contributed by atoms with E-state index >= 15 is 0 Å². The smallest absolute Gasteiger partial charge is 0.222 e. The average molecular weight is 301 g/mol. The van der Waals surface area contributed by atoms with E-state index in [1.807, 2.05) is 55.8 Å². The molecular formula is C17H23N3O2. The van der Waals surface area contributed by atoms with Crippen LogP contribution >= 0.6 is 0 Å². The zero-order chi connectivity index (χ0) is 15.9. The molecule has 0 aliphatic heterocycles. The third kappa shape index (κ3) is 4.62. The van der Waals surface area contributed by atoms with Gasteiger partial charge in [-0.3, -0.25) is 9.48 Å². The Morgan fingerprint density at radius 2 is 2.00 bits per heavy atom. The van der Waals surface area contributed by atoms with Gasteiger partial charge in [0, 0.05) is 25.2 Å². The van der Waals surface area contributed by atoms with E-state index in [0.29, 0.717) is 26.1 Å². The number of nitrogens with zero attached hydrogens (tertiary/aromatic N) is 2. The Morgan fingerprint density at radius 3 is 2.59 bits per heavy atom. The quantitative estimate of drug-likeness (QED) is 0.855. The Morgan fingerprint density at radius 1 is 1.27 bits per heavy atom. The number of benzene rings is 1. The predicted molar refractivity (Wildman–Crippen MR) is 85.8 cm³/mol. The minimum absolute atomic E-state index is 0.0291. The number of hydrogen-bond acceptors (Lipinski definition) is 3. The van der Waals surface area contributed by atoms with Crippen LogP contribution in [0, 0.1) is 13.8 Å². The lowest BCUT2D eigenvalue weighted by Crippen LogP contribution is -2.24. The van der Waals surface area contributed by atoms with Crippen molar-refractivity contribution < 1.29 is 9.53 Å². The fourth-order valence-electron chi connectivity index (χ4n) is 2.27. The van der Waals surface area contributed by atoms with Gasteiger partial charge in [-0.05, 0) is 44.5 Å². The van der Waals surface area contributed by atoms with Crippen LogP contribution in [0.1, 0.15) is 30.3 Å². The van der Waals surface area contributed by atoms with E-state index in [1.54, 1.807) is 0 Å². The van der Waals surface area contributed by atoms with Crippen molar-refractivity contribution >= 4 is 5.91 Å². The van der Waals surface area contributed by atoms with E-state index < -0.39 is 0 Å². The molecule has 0 bridgehead atoms. The Labute approximate surface area is 131 Å². The molecule has 5 heteroatoms. The van der Waals surface area contributed by atoms with Gasteiger partial charge >= 0.3 is 0 Å². The maximum atomic E-state index is 11.9. The molecule has 118 valence electrons. The minimum atomic E-state index is 0.0291. The van der Waals surface area contributed by atoms with Crippen molar-refractivity contribution in [1.29, 1.82) is 0 Å². The van der Waals surface area contributed by atoms with Gasteiger partial charge in [0.1, 0.15) is 5.75 Å². The number of carbonyl (C=O) groups excluding carboxylic acids is 1. The fraction of sp³-hybridized carbons (Fsp3) is 0.412. The van der Waals surface area contributed by atoms with Gasteiger partial charge in [0.25, 0.3) is 0 Å². The van der Waals surface area contributed by atoms with Gasteiger partial charge in [-0.1, -0.05) is 12.1 Å². The zero-order valence-electron chi connectivity index (χ0n) is 13.4. The third-order valence-electron chi connectivity index (χ3n) is 3.38. The molecule has 5 nitrogen and oxygen atoms in total. The van der Waals surface area contributed by atoms with Crippen LogP contribution in [-0.4, -0.2) is 22.3 Å². The van der Waals surface area contributed by atoms with Crippen LogP contribution in [-0.2, 0) is 17.9 Å². The summed E-state index contributed by atoms with van der Waals surface area (Å²) in [6, 6.07) is 9.78. The molecule has 1 aromatic carbocycles. The summed E-state index contributed by atoms with van der Waals surface area (Å²) in [7, 11) is 0. The molecule has 1 heterocycles. The fourth-order valence-corrected chi connectivity index (χ4v) is 2.27. The van der Waals surface area contributed by atoms with Gasteiger partial charge in [-0.15, -0.1) is 0 Å². The highest BCUT2D eigenvalue weighted by Crippen LogP contribution is 2.11. The van der Waals surface area contributed by atoms with Crippen LogP contribution in [0.4, 0.5) is 0 Å². The summed E-state index contributed by atoms with van der Waals surface area (Å²) >= 11 is 0. The molecule has 0 unspecified atom stereocenters. The van der Waals surface area contributed by atoms with Crippen LogP contribution in [0.3, 0.4) is 0 Å². The van der Waals surface area contributed by atoms with Crippen molar-refractivity contribution in [3.63, 3.8) is 0 Å². The maximum Gasteiger partial charge on any atom is 0.222 e. The van der Waals surface area contributed by atoms with E-state index in [2.05, 4.69) is 10.4 Å². The van der Waals surface area contributed by atoms with Gasteiger partial charge in [-0.25, -0.2) is 0 Å². The molecule has 0 spiro atoms. The molecular weight excluding hydrogens is 278 g/mol. The molecule has 0 fully saturated rings. The lowest BCUT2D eigenvalue weighted by atomic mass is 10.2. The van der Waals surface area contributed by atoms with Crippen molar-refractivity contribution in [1.82, 2.24) is 15.1 Å². The minimum Gasteiger partial charge on any atom is -0.494 e. The second-order valence-corrected chi connectivity index (χ2v) is 5.25. The molecule has 22 heavy (non-hydrogen) atoms. The van der Waals surface area contributed by atoms with Gasteiger partial charge in [0.05, 0.1) is 12.3 Å². The Kier molecular flexibility index (Phi) is 5.58. The maximum absolute atomic E-state index is 11.9. The SMILES string of the molecule is CCOc1ccc(CNC(=O)CCn2nc(C)cc2C)cc1. The Bertz CT molecular complexity index is 617. The van der Waals surface area contributed by atoms with Gasteiger partial charge in [-0.2, -0.15) is 5.10 Å². The largest absolute Gasteiger partial charge is 0.494 e. The summed E-state index contributed by atoms with van der Waals surface area (Å²) in [5, 5.41) is 7.28. The van der Waals surface area contributed by atoms with Crippen molar-refractivity contribution in [2.75, 3.05) is 6.61 Å². The van der Waals surface area contributed by atoms with Gasteiger partial charge in [0.15, 0.2) is 0 Å². The lowest BCUT2D eigenvalue weighted by Gasteiger charge is -2.08. The third-order valence-corrected chi connectivity index (χ3v) is 3.38. The van der Waals surface area contributed by atoms with E-state index in [1.165, 1.54) is 0 Å². The first kappa shape index (κ1) is 16.1. The van der Waals surface area contributed by atoms with Crippen molar-refractivity contribution in [3.8, 4) is 5.75 Å². The van der Waals surface area contributed by atoms with E-state index in [0.717, 1.165) is 22.7 Å². The number of amides is 1. The normalized spacial score (nSPS) is 10.5. The highest BCUT2D eigenvalue weighted by molar-refractivity contribution is 5.75. The number of rotatable bonds is 7. The summed E-state index contributed by atoms with van der Waals surface area (Å²) in [4.78, 5) is 11.9. The highest BCUT2D eigenvalue weighted by Gasteiger charge is 2.05. The summed E-state index contributed by atoms with van der Waals surface area (Å²) in [5.74, 6) is 0.878. The number of hydrogen-bond donors (Lipinski definition) is 1. The molecule has 1 N–H and O–H groups in total. The molecule has 0 aliphatic rings. The second kappa shape index (κ2) is 7.64. The summed E-state index contributed by atoms with van der Waals surface area (Å²) in [6.07, 6.45) is 0.430. The Balaban J connectivity index is 1.76. The molecule has 0 aliphatic carbocycles. The highest BCUT2D eigenvalue weighted by atomic mass is 16.5. The van der Waals surface area contributed by atoms with Crippen LogP contribution in [0.2, 0.25) is 0 Å². The first-order chi connectivity index (χ1) is 10.6. The van der Waals surface area contributed by atoms with Crippen LogP contribution in [0.5, 0.6) is 5.75 Å². The van der Waals surface area contributed by atoms with Gasteiger partial charge < -0.3 is 10.1 Å². The van der Waals surface area contributed by atoms with Crippen LogP contribution < -0.4 is 10.1 Å². The summed E-state index contributed by atoms with van der Waals surface area (Å²) < 4.78 is 7.26. The van der Waals surface area contributed by atoms with E-state index in [-0.39, 0.29) is 5.91 Å². The number of nitrogens with one attached hydrogen (secondary N) is 1. The molecule has 0 saturated carbocycles. The van der Waals surface area contributed by atoms with Gasteiger partial charge in [0.2, 0.25) is 5.91 Å². The molecule has 1 aromatic heterocycles. The van der Waals surface area contributed by atoms with E-state index in [9.17, 15) is 4.79 Å². The summed E-state index contributed by atoms with van der Waals surface area (Å²) in [6.45, 7) is 7.70. The first-order valence-corrected chi connectivity index (χ1v) is 7.58. The van der Waals surface area contributed by atoms with E-state index in [4.69, 9.17) is 4.74 Å². The molecule has 2 rings (SSSR count). The lowest BCUT2D eigenvalue weighted by molar-refractivity contribution is -0.121.